The lowest BCUT2D eigenvalue weighted by atomic mass is 10.1. The van der Waals surface area contributed by atoms with E-state index in [1.807, 2.05) is 84.9 Å². The van der Waals surface area contributed by atoms with Gasteiger partial charge in [0.2, 0.25) is 0 Å². The van der Waals surface area contributed by atoms with E-state index in [4.69, 9.17) is 8.92 Å². The minimum Gasteiger partial charge on any atom is -0.494 e. The van der Waals surface area contributed by atoms with Crippen LogP contribution in [0.4, 0.5) is 0 Å². The average molecular weight is 507 g/mol. The molecule has 3 nitrogen and oxygen atoms in total. The second-order valence-corrected chi connectivity index (χ2v) is 12.0. The zero-order valence-electron chi connectivity index (χ0n) is 22.0. The number of carbonyl (C=O) groups is 1. The topological polar surface area (TPSA) is 35.5 Å². The predicted molar refractivity (Wildman–Crippen MR) is 151 cm³/mol. The highest BCUT2D eigenvalue weighted by Gasteiger charge is 2.34. The molecule has 36 heavy (non-hydrogen) atoms. The Bertz CT molecular complexity index is 963. The summed E-state index contributed by atoms with van der Waals surface area (Å²) in [5, 5.41) is 0. The zero-order valence-corrected chi connectivity index (χ0v) is 22.8. The lowest BCUT2D eigenvalue weighted by Crippen LogP contribution is -2.11. The van der Waals surface area contributed by atoms with Crippen LogP contribution in [-0.4, -0.2) is 12.6 Å². The van der Waals surface area contributed by atoms with Gasteiger partial charge in [0.25, 0.3) is 0 Å². The highest BCUT2D eigenvalue weighted by molar-refractivity contribution is 8.30. The second-order valence-electron chi connectivity index (χ2n) is 9.26. The van der Waals surface area contributed by atoms with Crippen molar-refractivity contribution in [1.82, 2.24) is 0 Å². The van der Waals surface area contributed by atoms with Crippen molar-refractivity contribution >= 4 is 16.3 Å². The van der Waals surface area contributed by atoms with Gasteiger partial charge in [0, 0.05) is 21.6 Å². The third kappa shape index (κ3) is 8.16. The van der Waals surface area contributed by atoms with E-state index in [0.717, 1.165) is 33.5 Å². The minimum atomic E-state index is -2.20. The second kappa shape index (κ2) is 15.4. The first-order chi connectivity index (χ1) is 17.7. The molecule has 0 atom stereocenters. The zero-order chi connectivity index (χ0) is 25.5. The Balaban J connectivity index is 1.61. The van der Waals surface area contributed by atoms with Gasteiger partial charge < -0.3 is 8.92 Å². The molecule has 3 aromatic rings. The molecule has 4 heteroatoms. The number of unbranched alkanes of at least 4 members (excludes halogenated alkanes) is 9. The van der Waals surface area contributed by atoms with E-state index in [9.17, 15) is 4.79 Å². The van der Waals surface area contributed by atoms with Crippen LogP contribution < -0.4 is 4.74 Å². The molecular weight excluding hydrogens is 464 g/mol. The van der Waals surface area contributed by atoms with Crippen LogP contribution in [0.3, 0.4) is 0 Å². The summed E-state index contributed by atoms with van der Waals surface area (Å²) >= 11 is 0. The van der Waals surface area contributed by atoms with Gasteiger partial charge in [-0.1, -0.05) is 101 Å². The van der Waals surface area contributed by atoms with Crippen molar-refractivity contribution in [2.75, 3.05) is 6.61 Å². The van der Waals surface area contributed by atoms with Gasteiger partial charge in [0.15, 0.2) is 0 Å². The molecule has 0 heterocycles. The molecule has 0 bridgehead atoms. The largest absolute Gasteiger partial charge is 0.494 e. The fourth-order valence-electron chi connectivity index (χ4n) is 4.46. The fourth-order valence-corrected chi connectivity index (χ4v) is 7.52. The number of rotatable bonds is 16. The Hall–Kier alpha value is -2.72. The van der Waals surface area contributed by atoms with Crippen LogP contribution in [0.25, 0.3) is 0 Å². The van der Waals surface area contributed by atoms with Gasteiger partial charge in [-0.25, -0.2) is 0 Å². The molecule has 0 amide bonds. The summed E-state index contributed by atoms with van der Waals surface area (Å²) in [7, 11) is -2.20. The molecule has 0 aliphatic heterocycles. The summed E-state index contributed by atoms with van der Waals surface area (Å²) in [5.74, 6) is 0.561. The van der Waals surface area contributed by atoms with E-state index in [2.05, 4.69) is 6.92 Å². The van der Waals surface area contributed by atoms with Crippen LogP contribution in [0, 0.1) is 0 Å². The SMILES string of the molecule is CCCCCCCCCCCCOc1ccc(S(OC(C)=O)(c2ccccc2)c2ccccc2)cc1. The summed E-state index contributed by atoms with van der Waals surface area (Å²) in [6.45, 7) is 4.48. The Kier molecular flexibility index (Phi) is 11.9. The molecule has 0 radical (unpaired) electrons. The molecule has 3 rings (SSSR count). The third-order valence-electron chi connectivity index (χ3n) is 6.31. The summed E-state index contributed by atoms with van der Waals surface area (Å²) in [5.41, 5.74) is 0. The average Bonchev–Trinajstić information content (AvgIpc) is 2.91. The highest BCUT2D eigenvalue weighted by atomic mass is 32.3. The van der Waals surface area contributed by atoms with Crippen molar-refractivity contribution in [3.63, 3.8) is 0 Å². The molecule has 0 aliphatic rings. The van der Waals surface area contributed by atoms with Crippen LogP contribution in [0.5, 0.6) is 5.75 Å². The molecule has 0 unspecified atom stereocenters. The minimum absolute atomic E-state index is 0.293. The van der Waals surface area contributed by atoms with E-state index >= 15 is 0 Å². The lowest BCUT2D eigenvalue weighted by Gasteiger charge is -2.39. The summed E-state index contributed by atoms with van der Waals surface area (Å²) < 4.78 is 12.3. The van der Waals surface area contributed by atoms with Crippen LogP contribution in [0.15, 0.2) is 99.6 Å². The van der Waals surface area contributed by atoms with E-state index in [-0.39, 0.29) is 5.97 Å². The Labute approximate surface area is 219 Å². The first-order valence-corrected chi connectivity index (χ1v) is 15.1. The molecule has 0 saturated carbocycles. The summed E-state index contributed by atoms with van der Waals surface area (Å²) in [6, 6.07) is 28.2. The maximum atomic E-state index is 12.3. The van der Waals surface area contributed by atoms with Crippen molar-refractivity contribution in [3.8, 4) is 5.75 Å². The maximum absolute atomic E-state index is 12.3. The molecule has 0 aliphatic carbocycles. The van der Waals surface area contributed by atoms with Crippen molar-refractivity contribution in [1.29, 1.82) is 0 Å². The number of benzene rings is 3. The van der Waals surface area contributed by atoms with E-state index < -0.39 is 10.3 Å². The Morgan fingerprint density at radius 2 is 1.06 bits per heavy atom. The molecule has 0 spiro atoms. The smallest absolute Gasteiger partial charge is 0.313 e. The monoisotopic (exact) mass is 506 g/mol. The summed E-state index contributed by atoms with van der Waals surface area (Å²) in [6.07, 6.45) is 13.1. The first kappa shape index (κ1) is 27.9. The molecule has 3 aromatic carbocycles. The van der Waals surface area contributed by atoms with Crippen molar-refractivity contribution < 1.29 is 13.7 Å². The Morgan fingerprint density at radius 3 is 1.53 bits per heavy atom. The first-order valence-electron chi connectivity index (χ1n) is 13.5. The number of hydrogen-bond acceptors (Lipinski definition) is 3. The van der Waals surface area contributed by atoms with Gasteiger partial charge in [-0.2, -0.15) is 0 Å². The molecule has 0 saturated heterocycles. The fraction of sp³-hybridized carbons (Fsp3) is 0.406. The van der Waals surface area contributed by atoms with Gasteiger partial charge in [-0.15, -0.1) is 0 Å². The van der Waals surface area contributed by atoms with Gasteiger partial charge in [0.05, 0.1) is 6.61 Å². The van der Waals surface area contributed by atoms with Crippen molar-refractivity contribution in [2.24, 2.45) is 0 Å². The van der Waals surface area contributed by atoms with Gasteiger partial charge >= 0.3 is 5.97 Å². The quantitative estimate of drug-likeness (QED) is 0.181. The van der Waals surface area contributed by atoms with Crippen LogP contribution >= 0.6 is 10.3 Å². The molecule has 0 N–H and O–H groups in total. The van der Waals surface area contributed by atoms with Gasteiger partial charge in [-0.3, -0.25) is 4.79 Å². The summed E-state index contributed by atoms with van der Waals surface area (Å²) in [4.78, 5) is 15.3. The van der Waals surface area contributed by atoms with Gasteiger partial charge in [-0.05, 0) is 65.3 Å². The van der Waals surface area contributed by atoms with E-state index in [1.54, 1.807) is 0 Å². The number of hydrogen-bond donors (Lipinski definition) is 0. The van der Waals surface area contributed by atoms with E-state index in [1.165, 1.54) is 64.7 Å². The van der Waals surface area contributed by atoms with Crippen LogP contribution in [-0.2, 0) is 8.98 Å². The molecule has 0 fully saturated rings. The van der Waals surface area contributed by atoms with Crippen LogP contribution in [0.1, 0.15) is 78.1 Å². The van der Waals surface area contributed by atoms with Gasteiger partial charge in [0.1, 0.15) is 5.75 Å². The lowest BCUT2D eigenvalue weighted by molar-refractivity contribution is -0.131. The third-order valence-corrected chi connectivity index (χ3v) is 9.61. The maximum Gasteiger partial charge on any atom is 0.313 e. The van der Waals surface area contributed by atoms with Crippen molar-refractivity contribution in [3.05, 3.63) is 84.9 Å². The predicted octanol–water partition coefficient (Wildman–Crippen LogP) is 9.75. The molecular formula is C32H42O3S. The van der Waals surface area contributed by atoms with E-state index in [0.29, 0.717) is 0 Å². The standard InChI is InChI=1S/C32H42O3S/c1-3-4-5-6-7-8-9-10-11-18-27-34-29-23-25-32(26-24-29)36(35-28(2)33,30-19-14-12-15-20-30)31-21-16-13-17-22-31/h12-17,19-26H,3-11,18,27H2,1-2H3. The highest BCUT2D eigenvalue weighted by Crippen LogP contribution is 2.69. The Morgan fingerprint density at radius 1 is 0.611 bits per heavy atom. The number of ether oxygens (including phenoxy) is 1. The van der Waals surface area contributed by atoms with Crippen molar-refractivity contribution in [2.45, 2.75) is 92.7 Å². The molecule has 194 valence electrons. The normalized spacial score (nSPS) is 11.7. The molecule has 0 aromatic heterocycles. The number of carbonyl (C=O) groups excluding carboxylic acids is 1. The van der Waals surface area contributed by atoms with Crippen LogP contribution in [0.2, 0.25) is 0 Å².